The van der Waals surface area contributed by atoms with Gasteiger partial charge in [-0.2, -0.15) is 0 Å². The zero-order valence-corrected chi connectivity index (χ0v) is 14.2. The number of amides is 1. The van der Waals surface area contributed by atoms with Gasteiger partial charge < -0.3 is 19.4 Å². The smallest absolute Gasteiger partial charge is 0.240 e. The molecular weight excluding hydrogens is 332 g/mol. The number of benzene rings is 1. The molecule has 7 heteroatoms. The summed E-state index contributed by atoms with van der Waals surface area (Å²) in [7, 11) is 0. The first-order valence-corrected chi connectivity index (χ1v) is 8.64. The van der Waals surface area contributed by atoms with Gasteiger partial charge in [-0.1, -0.05) is 18.2 Å². The number of nitrogens with one attached hydrogen (secondary N) is 1. The first-order valence-electron chi connectivity index (χ1n) is 8.64. The predicted octanol–water partition coefficient (Wildman–Crippen LogP) is 1.78. The number of fused-ring (bicyclic) bond motifs is 1. The number of ether oxygens (including phenoxy) is 2. The average Bonchev–Trinajstić information content (AvgIpc) is 3.07. The number of carbonyl (C=O) groups excluding carboxylic acids is 1. The lowest BCUT2D eigenvalue weighted by atomic mass is 10.1. The molecule has 1 aromatic carbocycles. The molecule has 0 unspecified atom stereocenters. The monoisotopic (exact) mass is 352 g/mol. The van der Waals surface area contributed by atoms with Crippen LogP contribution in [0.25, 0.3) is 11.0 Å². The molecule has 1 aliphatic heterocycles. The van der Waals surface area contributed by atoms with Crippen LogP contribution in [0, 0.1) is 0 Å². The maximum absolute atomic E-state index is 12.5. The van der Waals surface area contributed by atoms with Crippen molar-refractivity contribution >= 4 is 16.9 Å². The van der Waals surface area contributed by atoms with Gasteiger partial charge in [0, 0.05) is 18.9 Å². The fraction of sp³-hybridized carbons (Fsp3) is 0.316. The Labute approximate surface area is 151 Å². The number of para-hydroxylation sites is 2. The van der Waals surface area contributed by atoms with Crippen LogP contribution in [0.3, 0.4) is 0 Å². The molecule has 1 amide bonds. The van der Waals surface area contributed by atoms with Crippen molar-refractivity contribution in [1.29, 1.82) is 0 Å². The first kappa shape index (κ1) is 16.5. The topological polar surface area (TPSA) is 78.3 Å². The Morgan fingerprint density at radius 1 is 1.23 bits per heavy atom. The van der Waals surface area contributed by atoms with Gasteiger partial charge in [0.1, 0.15) is 12.6 Å². The van der Waals surface area contributed by atoms with Gasteiger partial charge >= 0.3 is 0 Å². The molecule has 134 valence electrons. The fourth-order valence-electron chi connectivity index (χ4n) is 3.11. The van der Waals surface area contributed by atoms with E-state index < -0.39 is 0 Å². The van der Waals surface area contributed by atoms with Gasteiger partial charge in [0.25, 0.3) is 0 Å². The zero-order valence-electron chi connectivity index (χ0n) is 14.2. The third-order valence-corrected chi connectivity index (χ3v) is 4.40. The quantitative estimate of drug-likeness (QED) is 0.757. The van der Waals surface area contributed by atoms with Crippen LogP contribution in [0.2, 0.25) is 0 Å². The second-order valence-corrected chi connectivity index (χ2v) is 6.22. The number of aromatic nitrogens is 3. The minimum absolute atomic E-state index is 0.0744. The molecule has 7 nitrogen and oxygen atoms in total. The molecule has 1 N–H and O–H groups in total. The van der Waals surface area contributed by atoms with Gasteiger partial charge in [0.15, 0.2) is 0 Å². The largest absolute Gasteiger partial charge is 0.470 e. The Morgan fingerprint density at radius 2 is 2.12 bits per heavy atom. The molecule has 26 heavy (non-hydrogen) atoms. The molecule has 4 rings (SSSR count). The SMILES string of the molecule is O=C(Cn1cnc2ccccc21)N[C@@H]1CCOC[C@H]1Oc1ccccn1. The molecule has 0 radical (unpaired) electrons. The highest BCUT2D eigenvalue weighted by molar-refractivity contribution is 5.80. The van der Waals surface area contributed by atoms with Crippen LogP contribution in [0.1, 0.15) is 6.42 Å². The maximum Gasteiger partial charge on any atom is 0.240 e. The van der Waals surface area contributed by atoms with Gasteiger partial charge in [0.05, 0.1) is 30.0 Å². The summed E-state index contributed by atoms with van der Waals surface area (Å²) in [5.74, 6) is 0.456. The minimum Gasteiger partial charge on any atom is -0.470 e. The summed E-state index contributed by atoms with van der Waals surface area (Å²) in [4.78, 5) is 21.0. The predicted molar refractivity (Wildman–Crippen MR) is 95.8 cm³/mol. The van der Waals surface area contributed by atoms with Crippen molar-refractivity contribution < 1.29 is 14.3 Å². The van der Waals surface area contributed by atoms with E-state index >= 15 is 0 Å². The van der Waals surface area contributed by atoms with Crippen molar-refractivity contribution in [2.45, 2.75) is 25.1 Å². The Kier molecular flexibility index (Phi) is 4.79. The summed E-state index contributed by atoms with van der Waals surface area (Å²) in [5, 5.41) is 3.07. The summed E-state index contributed by atoms with van der Waals surface area (Å²) in [6, 6.07) is 13.1. The van der Waals surface area contributed by atoms with Crippen LogP contribution in [-0.2, 0) is 16.1 Å². The number of hydrogen-bond donors (Lipinski definition) is 1. The van der Waals surface area contributed by atoms with Gasteiger partial charge in [0.2, 0.25) is 11.8 Å². The van der Waals surface area contributed by atoms with E-state index in [1.54, 1.807) is 18.6 Å². The van der Waals surface area contributed by atoms with Crippen molar-refractivity contribution in [3.63, 3.8) is 0 Å². The van der Waals surface area contributed by atoms with Crippen LogP contribution in [0.15, 0.2) is 55.0 Å². The normalized spacial score (nSPS) is 20.0. The summed E-state index contributed by atoms with van der Waals surface area (Å²) < 4.78 is 13.3. The minimum atomic E-state index is -0.262. The molecule has 2 aromatic heterocycles. The Hall–Kier alpha value is -2.93. The highest BCUT2D eigenvalue weighted by Gasteiger charge is 2.29. The van der Waals surface area contributed by atoms with Gasteiger partial charge in [-0.3, -0.25) is 4.79 Å². The third-order valence-electron chi connectivity index (χ3n) is 4.40. The van der Waals surface area contributed by atoms with Crippen LogP contribution in [0.5, 0.6) is 5.88 Å². The number of carbonyl (C=O) groups is 1. The summed E-state index contributed by atoms with van der Waals surface area (Å²) in [6.45, 7) is 1.24. The molecular formula is C19H20N4O3. The summed E-state index contributed by atoms with van der Waals surface area (Å²) in [5.41, 5.74) is 1.82. The van der Waals surface area contributed by atoms with E-state index in [4.69, 9.17) is 9.47 Å². The third kappa shape index (κ3) is 3.67. The van der Waals surface area contributed by atoms with Crippen molar-refractivity contribution in [3.05, 3.63) is 55.0 Å². The standard InChI is InChI=1S/C19H20N4O3/c24-18(11-23-13-21-14-5-1-2-6-16(14)23)22-15-8-10-25-12-17(15)26-19-7-3-4-9-20-19/h1-7,9,13,15,17H,8,10-12H2,(H,22,24)/t15-,17-/m1/s1. The summed E-state index contributed by atoms with van der Waals surface area (Å²) in [6.07, 6.45) is 3.81. The molecule has 0 aliphatic carbocycles. The van der Waals surface area contributed by atoms with Crippen molar-refractivity contribution in [2.24, 2.45) is 0 Å². The van der Waals surface area contributed by atoms with Crippen LogP contribution >= 0.6 is 0 Å². The molecule has 3 heterocycles. The molecule has 1 aliphatic rings. The zero-order chi connectivity index (χ0) is 17.8. The average molecular weight is 352 g/mol. The number of rotatable bonds is 5. The highest BCUT2D eigenvalue weighted by atomic mass is 16.5. The molecule has 1 fully saturated rings. The first-order chi connectivity index (χ1) is 12.8. The van der Waals surface area contributed by atoms with Crippen LogP contribution in [0.4, 0.5) is 0 Å². The van der Waals surface area contributed by atoms with E-state index in [2.05, 4.69) is 15.3 Å². The molecule has 2 atom stereocenters. The fourth-order valence-corrected chi connectivity index (χ4v) is 3.11. The van der Waals surface area contributed by atoms with E-state index in [-0.39, 0.29) is 24.6 Å². The van der Waals surface area contributed by atoms with Crippen molar-refractivity contribution in [1.82, 2.24) is 19.9 Å². The Bertz CT molecular complexity index is 881. The van der Waals surface area contributed by atoms with E-state index in [1.165, 1.54) is 0 Å². The van der Waals surface area contributed by atoms with E-state index in [1.807, 2.05) is 41.0 Å². The van der Waals surface area contributed by atoms with E-state index in [0.29, 0.717) is 25.5 Å². The maximum atomic E-state index is 12.5. The number of hydrogen-bond acceptors (Lipinski definition) is 5. The molecule has 3 aromatic rings. The Balaban J connectivity index is 1.41. The molecule has 0 saturated carbocycles. The van der Waals surface area contributed by atoms with Gasteiger partial charge in [-0.15, -0.1) is 0 Å². The molecule has 0 bridgehead atoms. The van der Waals surface area contributed by atoms with Crippen molar-refractivity contribution in [3.8, 4) is 5.88 Å². The Morgan fingerprint density at radius 3 is 3.00 bits per heavy atom. The lowest BCUT2D eigenvalue weighted by Crippen LogP contribution is -2.52. The van der Waals surface area contributed by atoms with E-state index in [0.717, 1.165) is 11.0 Å². The number of nitrogens with zero attached hydrogens (tertiary/aromatic N) is 3. The number of imidazole rings is 1. The van der Waals surface area contributed by atoms with Gasteiger partial charge in [-0.25, -0.2) is 9.97 Å². The summed E-state index contributed by atoms with van der Waals surface area (Å²) >= 11 is 0. The van der Waals surface area contributed by atoms with E-state index in [9.17, 15) is 4.79 Å². The second-order valence-electron chi connectivity index (χ2n) is 6.22. The molecule has 1 saturated heterocycles. The molecule has 0 spiro atoms. The van der Waals surface area contributed by atoms with Crippen LogP contribution in [-0.4, -0.2) is 45.8 Å². The number of pyridine rings is 1. The van der Waals surface area contributed by atoms with Crippen LogP contribution < -0.4 is 10.1 Å². The lowest BCUT2D eigenvalue weighted by Gasteiger charge is -2.32. The highest BCUT2D eigenvalue weighted by Crippen LogP contribution is 2.16. The second kappa shape index (κ2) is 7.53. The van der Waals surface area contributed by atoms with Crippen molar-refractivity contribution in [2.75, 3.05) is 13.2 Å². The lowest BCUT2D eigenvalue weighted by molar-refractivity contribution is -0.124. The van der Waals surface area contributed by atoms with Gasteiger partial charge in [-0.05, 0) is 24.6 Å².